The molecule has 0 N–H and O–H groups in total. The highest BCUT2D eigenvalue weighted by atomic mass is 32.2. The van der Waals surface area contributed by atoms with Crippen LogP contribution in [0, 0.1) is 5.92 Å². The molecular formula is C15H22N2O3S. The number of rotatable bonds is 3. The van der Waals surface area contributed by atoms with Crippen molar-refractivity contribution in [1.82, 2.24) is 9.88 Å². The number of hydrogen-bond donors (Lipinski definition) is 0. The summed E-state index contributed by atoms with van der Waals surface area (Å²) < 4.78 is 17.6. The molecule has 1 aromatic rings. The maximum absolute atomic E-state index is 12.3. The van der Waals surface area contributed by atoms with Crippen LogP contribution in [-0.2, 0) is 15.5 Å². The molecule has 1 saturated heterocycles. The van der Waals surface area contributed by atoms with E-state index in [9.17, 15) is 9.00 Å². The number of amides is 1. The molecule has 0 aromatic carbocycles. The lowest BCUT2D eigenvalue weighted by atomic mass is 10.2. The minimum atomic E-state index is -1.04. The van der Waals surface area contributed by atoms with Gasteiger partial charge >= 0.3 is 6.09 Å². The van der Waals surface area contributed by atoms with Gasteiger partial charge in [-0.1, -0.05) is 0 Å². The third-order valence-corrected chi connectivity index (χ3v) is 4.81. The number of hydrogen-bond acceptors (Lipinski definition) is 4. The quantitative estimate of drug-likeness (QED) is 0.860. The zero-order chi connectivity index (χ0) is 15.5. The molecule has 116 valence electrons. The third-order valence-electron chi connectivity index (χ3n) is 3.24. The summed E-state index contributed by atoms with van der Waals surface area (Å²) in [5.74, 6) is 0.829. The van der Waals surface area contributed by atoms with E-state index in [1.807, 2.05) is 20.8 Å². The van der Waals surface area contributed by atoms with Gasteiger partial charge in [-0.15, -0.1) is 0 Å². The van der Waals surface area contributed by atoms with Crippen LogP contribution in [-0.4, -0.2) is 44.6 Å². The standard InChI is InChI=1S/C15H22N2O3S/c1-15(2,3)20-14(18)17-9-6-12(10-17)11-21(19)13-4-7-16-8-5-13/h4-5,7-8,12H,6,9-11H2,1-3H3/t12-,21+/m0/s1. The third kappa shape index (κ3) is 4.81. The molecule has 6 heteroatoms. The maximum Gasteiger partial charge on any atom is 0.410 e. The lowest BCUT2D eigenvalue weighted by Gasteiger charge is -2.24. The Morgan fingerprint density at radius 3 is 2.71 bits per heavy atom. The van der Waals surface area contributed by atoms with Crippen LogP contribution >= 0.6 is 0 Å². The second-order valence-corrected chi connectivity index (χ2v) is 7.77. The van der Waals surface area contributed by atoms with Crippen molar-refractivity contribution >= 4 is 16.9 Å². The fraction of sp³-hybridized carbons (Fsp3) is 0.600. The van der Waals surface area contributed by atoms with Gasteiger partial charge in [0.05, 0.1) is 10.8 Å². The van der Waals surface area contributed by atoms with E-state index in [0.717, 1.165) is 11.3 Å². The van der Waals surface area contributed by atoms with E-state index >= 15 is 0 Å². The monoisotopic (exact) mass is 310 g/mol. The Balaban J connectivity index is 1.86. The molecule has 5 nitrogen and oxygen atoms in total. The number of ether oxygens (including phenoxy) is 1. The van der Waals surface area contributed by atoms with Crippen molar-refractivity contribution < 1.29 is 13.7 Å². The van der Waals surface area contributed by atoms with Gasteiger partial charge in [-0.2, -0.15) is 0 Å². The lowest BCUT2D eigenvalue weighted by molar-refractivity contribution is 0.0289. The average molecular weight is 310 g/mol. The molecular weight excluding hydrogens is 288 g/mol. The fourth-order valence-electron chi connectivity index (χ4n) is 2.26. The summed E-state index contributed by atoms with van der Waals surface area (Å²) in [7, 11) is -1.04. The van der Waals surface area contributed by atoms with Gasteiger partial charge in [-0.05, 0) is 45.2 Å². The summed E-state index contributed by atoms with van der Waals surface area (Å²) in [4.78, 5) is 18.4. The van der Waals surface area contributed by atoms with Crippen LogP contribution in [0.1, 0.15) is 27.2 Å². The summed E-state index contributed by atoms with van der Waals surface area (Å²) in [6.45, 7) is 6.86. The zero-order valence-corrected chi connectivity index (χ0v) is 13.6. The van der Waals surface area contributed by atoms with Crippen molar-refractivity contribution in [1.29, 1.82) is 0 Å². The van der Waals surface area contributed by atoms with Crippen LogP contribution in [0.4, 0.5) is 4.79 Å². The molecule has 2 heterocycles. The van der Waals surface area contributed by atoms with Crippen molar-refractivity contribution in [2.24, 2.45) is 5.92 Å². The van der Waals surface area contributed by atoms with Crippen molar-refractivity contribution in [2.45, 2.75) is 37.7 Å². The Kier molecular flexibility index (Phi) is 4.98. The average Bonchev–Trinajstić information content (AvgIpc) is 2.86. The van der Waals surface area contributed by atoms with Gasteiger partial charge in [0, 0.05) is 36.1 Å². The Morgan fingerprint density at radius 2 is 2.10 bits per heavy atom. The van der Waals surface area contributed by atoms with E-state index in [-0.39, 0.29) is 12.0 Å². The number of nitrogens with zero attached hydrogens (tertiary/aromatic N) is 2. The van der Waals surface area contributed by atoms with E-state index in [1.54, 1.807) is 29.4 Å². The highest BCUT2D eigenvalue weighted by Gasteiger charge is 2.30. The molecule has 1 aromatic heterocycles. The first-order valence-corrected chi connectivity index (χ1v) is 8.43. The van der Waals surface area contributed by atoms with Crippen molar-refractivity contribution in [3.05, 3.63) is 24.5 Å². The first-order chi connectivity index (χ1) is 9.85. The Morgan fingerprint density at radius 1 is 1.43 bits per heavy atom. The van der Waals surface area contributed by atoms with Crippen LogP contribution in [0.3, 0.4) is 0 Å². The van der Waals surface area contributed by atoms with E-state index in [0.29, 0.717) is 18.8 Å². The van der Waals surface area contributed by atoms with Gasteiger partial charge in [-0.25, -0.2) is 4.79 Å². The summed E-state index contributed by atoms with van der Waals surface area (Å²) in [5.41, 5.74) is -0.477. The van der Waals surface area contributed by atoms with E-state index < -0.39 is 16.4 Å². The number of aromatic nitrogens is 1. The SMILES string of the molecule is CC(C)(C)OC(=O)N1CC[C@H](C[S@@](=O)c2ccncc2)C1. The Bertz CT molecular complexity index is 513. The number of carbonyl (C=O) groups excluding carboxylic acids is 1. The molecule has 0 aliphatic carbocycles. The minimum absolute atomic E-state index is 0.256. The van der Waals surface area contributed by atoms with Gasteiger partial charge in [-0.3, -0.25) is 9.19 Å². The molecule has 0 bridgehead atoms. The summed E-state index contributed by atoms with van der Waals surface area (Å²) in [5, 5.41) is 0. The van der Waals surface area contributed by atoms with E-state index in [2.05, 4.69) is 4.98 Å². The number of likely N-dealkylation sites (tertiary alicyclic amines) is 1. The van der Waals surface area contributed by atoms with E-state index in [1.165, 1.54) is 0 Å². The van der Waals surface area contributed by atoms with Gasteiger partial charge in [0.25, 0.3) is 0 Å². The molecule has 0 radical (unpaired) electrons. The van der Waals surface area contributed by atoms with Crippen molar-refractivity contribution in [3.63, 3.8) is 0 Å². The molecule has 0 unspecified atom stereocenters. The highest BCUT2D eigenvalue weighted by molar-refractivity contribution is 7.85. The Labute approximate surface area is 128 Å². The molecule has 0 saturated carbocycles. The Hall–Kier alpha value is -1.43. The normalized spacial score (nSPS) is 20.3. The summed E-state index contributed by atoms with van der Waals surface area (Å²) >= 11 is 0. The van der Waals surface area contributed by atoms with Gasteiger partial charge < -0.3 is 9.64 Å². The van der Waals surface area contributed by atoms with Crippen LogP contribution in [0.5, 0.6) is 0 Å². The van der Waals surface area contributed by atoms with E-state index in [4.69, 9.17) is 4.74 Å². The minimum Gasteiger partial charge on any atom is -0.444 e. The maximum atomic E-state index is 12.3. The molecule has 1 aliphatic heterocycles. The smallest absolute Gasteiger partial charge is 0.410 e. The largest absolute Gasteiger partial charge is 0.444 e. The van der Waals surface area contributed by atoms with Gasteiger partial charge in [0.15, 0.2) is 0 Å². The predicted molar refractivity (Wildman–Crippen MR) is 81.4 cm³/mol. The summed E-state index contributed by atoms with van der Waals surface area (Å²) in [6, 6.07) is 3.55. The van der Waals surface area contributed by atoms with Crippen molar-refractivity contribution in [2.75, 3.05) is 18.8 Å². The number of pyridine rings is 1. The first-order valence-electron chi connectivity index (χ1n) is 7.11. The number of carbonyl (C=O) groups is 1. The second kappa shape index (κ2) is 6.56. The van der Waals surface area contributed by atoms with Crippen LogP contribution in [0.25, 0.3) is 0 Å². The molecule has 2 atom stereocenters. The molecule has 2 rings (SSSR count). The summed E-state index contributed by atoms with van der Waals surface area (Å²) in [6.07, 6.45) is 3.89. The first kappa shape index (κ1) is 15.9. The highest BCUT2D eigenvalue weighted by Crippen LogP contribution is 2.21. The zero-order valence-electron chi connectivity index (χ0n) is 12.7. The predicted octanol–water partition coefficient (Wildman–Crippen LogP) is 2.45. The van der Waals surface area contributed by atoms with Gasteiger partial charge in [0.1, 0.15) is 5.60 Å². The second-order valence-electron chi connectivity index (χ2n) is 6.28. The van der Waals surface area contributed by atoms with Crippen LogP contribution in [0.15, 0.2) is 29.4 Å². The van der Waals surface area contributed by atoms with Gasteiger partial charge in [0.2, 0.25) is 0 Å². The molecule has 0 spiro atoms. The molecule has 21 heavy (non-hydrogen) atoms. The van der Waals surface area contributed by atoms with Crippen molar-refractivity contribution in [3.8, 4) is 0 Å². The van der Waals surface area contributed by atoms with Crippen LogP contribution < -0.4 is 0 Å². The molecule has 1 amide bonds. The fourth-order valence-corrected chi connectivity index (χ4v) is 3.58. The van der Waals surface area contributed by atoms with Crippen LogP contribution in [0.2, 0.25) is 0 Å². The molecule has 1 fully saturated rings. The molecule has 1 aliphatic rings. The lowest BCUT2D eigenvalue weighted by Crippen LogP contribution is -2.35. The topological polar surface area (TPSA) is 59.5 Å².